The van der Waals surface area contributed by atoms with Crippen LogP contribution in [0.25, 0.3) is 11.3 Å². The summed E-state index contributed by atoms with van der Waals surface area (Å²) in [6, 6.07) is 29.3. The number of hydrogen-bond acceptors (Lipinski definition) is 7. The van der Waals surface area contributed by atoms with Crippen LogP contribution in [0.15, 0.2) is 107 Å². The molecule has 4 aromatic carbocycles. The first-order valence-electron chi connectivity index (χ1n) is 12.8. The minimum absolute atomic E-state index is 0.197. The zero-order chi connectivity index (χ0) is 29.5. The van der Waals surface area contributed by atoms with E-state index in [1.165, 1.54) is 23.1 Å². The zero-order valence-electron chi connectivity index (χ0n) is 22.7. The van der Waals surface area contributed by atoms with Crippen molar-refractivity contribution in [2.75, 3.05) is 24.9 Å². The van der Waals surface area contributed by atoms with E-state index in [4.69, 9.17) is 21.1 Å². The van der Waals surface area contributed by atoms with Crippen LogP contribution in [-0.2, 0) is 4.79 Å². The van der Waals surface area contributed by atoms with Crippen molar-refractivity contribution in [2.24, 2.45) is 0 Å². The maximum atomic E-state index is 13.6. The lowest BCUT2D eigenvalue weighted by Crippen LogP contribution is -2.19. The molecule has 42 heavy (non-hydrogen) atoms. The van der Waals surface area contributed by atoms with Gasteiger partial charge in [0.2, 0.25) is 5.91 Å². The number of hydrogen-bond donors (Lipinski definition) is 2. The average Bonchev–Trinajstić information content (AvgIpc) is 3.49. The largest absolute Gasteiger partial charge is 0.493 e. The summed E-state index contributed by atoms with van der Waals surface area (Å²) in [4.78, 5) is 31.7. The van der Waals surface area contributed by atoms with Crippen LogP contribution in [0.5, 0.6) is 11.5 Å². The Kier molecular flexibility index (Phi) is 9.43. The fourth-order valence-corrected chi connectivity index (χ4v) is 6.05. The smallest absolute Gasteiger partial charge is 0.255 e. The molecule has 5 rings (SSSR count). The Balaban J connectivity index is 1.30. The Morgan fingerprint density at radius 3 is 2.33 bits per heavy atom. The highest BCUT2D eigenvalue weighted by atomic mass is 35.5. The van der Waals surface area contributed by atoms with Crippen molar-refractivity contribution in [3.8, 4) is 22.8 Å². The van der Waals surface area contributed by atoms with Gasteiger partial charge in [0.25, 0.3) is 5.91 Å². The van der Waals surface area contributed by atoms with Crippen LogP contribution in [0.2, 0.25) is 5.02 Å². The number of methoxy groups -OCH3 is 2. The summed E-state index contributed by atoms with van der Waals surface area (Å²) in [5.41, 5.74) is 3.53. The van der Waals surface area contributed by atoms with Gasteiger partial charge in [-0.15, -0.1) is 23.1 Å². The number of benzene rings is 4. The van der Waals surface area contributed by atoms with Crippen molar-refractivity contribution in [3.63, 3.8) is 0 Å². The maximum Gasteiger partial charge on any atom is 0.255 e. The Morgan fingerprint density at radius 1 is 0.857 bits per heavy atom. The van der Waals surface area contributed by atoms with Gasteiger partial charge in [0.15, 0.2) is 16.6 Å². The molecule has 1 unspecified atom stereocenters. The van der Waals surface area contributed by atoms with Gasteiger partial charge in [0.1, 0.15) is 5.25 Å². The molecule has 5 aromatic rings. The summed E-state index contributed by atoms with van der Waals surface area (Å²) in [5.74, 6) is 0.779. The first-order valence-corrected chi connectivity index (χ1v) is 14.9. The van der Waals surface area contributed by atoms with E-state index < -0.39 is 5.25 Å². The minimum atomic E-state index is -0.536. The maximum absolute atomic E-state index is 13.6. The first-order chi connectivity index (χ1) is 20.4. The van der Waals surface area contributed by atoms with Gasteiger partial charge in [0, 0.05) is 32.1 Å². The molecule has 0 saturated carbocycles. The molecule has 0 spiro atoms. The van der Waals surface area contributed by atoms with Crippen molar-refractivity contribution in [1.29, 1.82) is 0 Å². The third-order valence-corrected chi connectivity index (χ3v) is 8.47. The van der Waals surface area contributed by atoms with Crippen LogP contribution in [0, 0.1) is 0 Å². The first kappa shape index (κ1) is 29.2. The van der Waals surface area contributed by atoms with Gasteiger partial charge in [-0.3, -0.25) is 9.59 Å². The molecule has 0 radical (unpaired) electrons. The van der Waals surface area contributed by atoms with Crippen LogP contribution in [0.1, 0.15) is 21.2 Å². The number of halogens is 1. The van der Waals surface area contributed by atoms with E-state index in [1.54, 1.807) is 50.6 Å². The van der Waals surface area contributed by atoms with Crippen LogP contribution in [0.4, 0.5) is 10.8 Å². The molecular formula is C32H26ClN3O4S2. The van der Waals surface area contributed by atoms with Crippen molar-refractivity contribution in [3.05, 3.63) is 119 Å². The number of amides is 2. The van der Waals surface area contributed by atoms with Crippen LogP contribution in [0.3, 0.4) is 0 Å². The number of nitrogens with one attached hydrogen (secondary N) is 2. The zero-order valence-corrected chi connectivity index (χ0v) is 25.1. The number of carbonyl (C=O) groups excluding carboxylic acids is 2. The van der Waals surface area contributed by atoms with Crippen LogP contribution >= 0.6 is 34.7 Å². The van der Waals surface area contributed by atoms with Crippen LogP contribution < -0.4 is 20.1 Å². The van der Waals surface area contributed by atoms with Crippen molar-refractivity contribution >= 4 is 57.3 Å². The summed E-state index contributed by atoms with van der Waals surface area (Å²) in [6.45, 7) is 0. The van der Waals surface area contributed by atoms with Gasteiger partial charge in [-0.25, -0.2) is 4.98 Å². The normalized spacial score (nSPS) is 11.4. The van der Waals surface area contributed by atoms with Crippen LogP contribution in [-0.4, -0.2) is 31.0 Å². The van der Waals surface area contributed by atoms with Gasteiger partial charge in [-0.1, -0.05) is 48.0 Å². The fourth-order valence-electron chi connectivity index (χ4n) is 4.12. The van der Waals surface area contributed by atoms with E-state index >= 15 is 0 Å². The lowest BCUT2D eigenvalue weighted by molar-refractivity contribution is -0.115. The lowest BCUT2D eigenvalue weighted by atomic mass is 10.1. The number of aromatic nitrogens is 1. The molecule has 0 aliphatic carbocycles. The highest BCUT2D eigenvalue weighted by Gasteiger charge is 2.23. The average molecular weight is 616 g/mol. The lowest BCUT2D eigenvalue weighted by Gasteiger charge is -2.16. The summed E-state index contributed by atoms with van der Waals surface area (Å²) in [6.07, 6.45) is 0. The number of anilines is 2. The Labute approximate surface area is 256 Å². The molecule has 2 amide bonds. The predicted molar refractivity (Wildman–Crippen MR) is 170 cm³/mol. The van der Waals surface area contributed by atoms with E-state index in [9.17, 15) is 9.59 Å². The second-order valence-electron chi connectivity index (χ2n) is 8.99. The predicted octanol–water partition coefficient (Wildman–Crippen LogP) is 8.21. The van der Waals surface area contributed by atoms with Gasteiger partial charge < -0.3 is 20.1 Å². The number of rotatable bonds is 10. The number of thioether (sulfide) groups is 1. The molecule has 0 aliphatic rings. The number of thiazole rings is 1. The Morgan fingerprint density at radius 2 is 1.62 bits per heavy atom. The molecule has 212 valence electrons. The van der Waals surface area contributed by atoms with E-state index in [2.05, 4.69) is 15.6 Å². The summed E-state index contributed by atoms with van der Waals surface area (Å²) < 4.78 is 10.7. The molecule has 10 heteroatoms. The van der Waals surface area contributed by atoms with Crippen molar-refractivity contribution in [2.45, 2.75) is 10.1 Å². The topological polar surface area (TPSA) is 89.6 Å². The van der Waals surface area contributed by atoms with E-state index in [0.717, 1.165) is 21.7 Å². The molecule has 1 atom stereocenters. The fraction of sp³-hybridized carbons (Fsp3) is 0.0938. The van der Waals surface area contributed by atoms with E-state index in [1.807, 2.05) is 66.0 Å². The van der Waals surface area contributed by atoms with Gasteiger partial charge >= 0.3 is 0 Å². The summed E-state index contributed by atoms with van der Waals surface area (Å²) in [5, 5.41) is 8.20. The monoisotopic (exact) mass is 615 g/mol. The second kappa shape index (κ2) is 13.6. The van der Waals surface area contributed by atoms with Gasteiger partial charge in [0.05, 0.1) is 19.9 Å². The number of nitrogens with zero attached hydrogens (tertiary/aromatic N) is 1. The molecule has 0 bridgehead atoms. The Hall–Kier alpha value is -4.31. The summed E-state index contributed by atoms with van der Waals surface area (Å²) >= 11 is 8.77. The van der Waals surface area contributed by atoms with Crippen molar-refractivity contribution in [1.82, 2.24) is 4.98 Å². The SMILES string of the molecule is COc1ccc(-c2csc(NC(=O)C(Sc3ccc(NC(=O)c4cccc(Cl)c4)cc3)c3ccccc3)n2)cc1OC. The number of carbonyl (C=O) groups is 2. The quantitative estimate of drug-likeness (QED) is 0.154. The van der Waals surface area contributed by atoms with Crippen molar-refractivity contribution < 1.29 is 19.1 Å². The Bertz CT molecular complexity index is 1690. The van der Waals surface area contributed by atoms with E-state index in [-0.39, 0.29) is 11.8 Å². The highest BCUT2D eigenvalue weighted by molar-refractivity contribution is 8.00. The standard InChI is InChI=1S/C32H26ClN3O4S2/c1-39-27-16-11-21(18-28(27)40-2)26-19-41-32(35-26)36-31(38)29(20-7-4-3-5-8-20)42-25-14-12-24(13-15-25)34-30(37)22-9-6-10-23(33)17-22/h3-19,29H,1-2H3,(H,34,37)(H,35,36,38). The molecule has 1 heterocycles. The third-order valence-electron chi connectivity index (χ3n) is 6.21. The van der Waals surface area contributed by atoms with Gasteiger partial charge in [-0.2, -0.15) is 0 Å². The molecule has 7 nitrogen and oxygen atoms in total. The van der Waals surface area contributed by atoms with Gasteiger partial charge in [-0.05, 0) is 66.2 Å². The second-order valence-corrected chi connectivity index (χ2v) is 11.5. The molecule has 1 aromatic heterocycles. The molecule has 0 aliphatic heterocycles. The molecule has 0 saturated heterocycles. The number of ether oxygens (including phenoxy) is 2. The minimum Gasteiger partial charge on any atom is -0.493 e. The third kappa shape index (κ3) is 7.12. The van der Waals surface area contributed by atoms with E-state index in [0.29, 0.717) is 32.9 Å². The molecule has 0 fully saturated rings. The molecule has 2 N–H and O–H groups in total. The molecular weight excluding hydrogens is 590 g/mol. The highest BCUT2D eigenvalue weighted by Crippen LogP contribution is 2.38. The summed E-state index contributed by atoms with van der Waals surface area (Å²) in [7, 11) is 3.17.